The molecule has 0 spiro atoms. The van der Waals surface area contributed by atoms with E-state index < -0.39 is 4.92 Å². The van der Waals surface area contributed by atoms with E-state index in [0.717, 1.165) is 11.4 Å². The molecule has 0 N–H and O–H groups in total. The quantitative estimate of drug-likeness (QED) is 0.393. The van der Waals surface area contributed by atoms with Crippen molar-refractivity contribution < 1.29 is 4.92 Å². The summed E-state index contributed by atoms with van der Waals surface area (Å²) in [7, 11) is 0. The number of nitriles is 1. The number of aryl methyl sites for hydroxylation is 1. The highest BCUT2D eigenvalue weighted by Gasteiger charge is 2.08. The molecule has 0 unspecified atom stereocenters. The van der Waals surface area contributed by atoms with E-state index in [0.29, 0.717) is 11.1 Å². The van der Waals surface area contributed by atoms with Crippen molar-refractivity contribution in [3.05, 3.63) is 93.8 Å². The van der Waals surface area contributed by atoms with Gasteiger partial charge in [-0.3, -0.25) is 10.1 Å². The topological polar surface area (TPSA) is 71.9 Å². The highest BCUT2D eigenvalue weighted by atomic mass is 16.6. The van der Waals surface area contributed by atoms with Crippen molar-refractivity contribution in [2.75, 3.05) is 0 Å². The van der Waals surface area contributed by atoms with Crippen LogP contribution in [0.15, 0.2) is 66.9 Å². The Hall–Kier alpha value is -3.65. The van der Waals surface area contributed by atoms with Crippen LogP contribution in [-0.4, -0.2) is 9.49 Å². The number of nitro groups is 1. The van der Waals surface area contributed by atoms with Crippen LogP contribution in [0.3, 0.4) is 0 Å². The highest BCUT2D eigenvalue weighted by molar-refractivity contribution is 5.89. The first-order valence-electron chi connectivity index (χ1n) is 7.69. The van der Waals surface area contributed by atoms with Gasteiger partial charge in [-0.05, 0) is 55.0 Å². The van der Waals surface area contributed by atoms with Gasteiger partial charge in [0.2, 0.25) is 0 Å². The summed E-state index contributed by atoms with van der Waals surface area (Å²) in [6.07, 6.45) is 3.71. The van der Waals surface area contributed by atoms with Crippen LogP contribution in [0, 0.1) is 28.4 Å². The normalized spacial score (nSPS) is 11.1. The summed E-state index contributed by atoms with van der Waals surface area (Å²) in [6.45, 7) is 2.03. The van der Waals surface area contributed by atoms with Gasteiger partial charge < -0.3 is 4.57 Å². The predicted octanol–water partition coefficient (Wildman–Crippen LogP) is 4.76. The summed E-state index contributed by atoms with van der Waals surface area (Å²) in [6, 6.07) is 20.1. The molecule has 3 aromatic rings. The lowest BCUT2D eigenvalue weighted by Crippen LogP contribution is -1.95. The van der Waals surface area contributed by atoms with Crippen molar-refractivity contribution in [1.29, 1.82) is 5.26 Å². The van der Waals surface area contributed by atoms with E-state index in [-0.39, 0.29) is 5.69 Å². The summed E-state index contributed by atoms with van der Waals surface area (Å²) in [5.74, 6) is 0. The molecule has 0 bridgehead atoms. The molecule has 5 nitrogen and oxygen atoms in total. The van der Waals surface area contributed by atoms with Crippen LogP contribution in [0.25, 0.3) is 17.3 Å². The minimum atomic E-state index is -0.456. The zero-order valence-electron chi connectivity index (χ0n) is 13.6. The van der Waals surface area contributed by atoms with E-state index in [1.165, 1.54) is 17.7 Å². The van der Waals surface area contributed by atoms with Crippen LogP contribution in [0.1, 0.15) is 16.8 Å². The number of nitro benzene ring substituents is 1. The molecule has 0 atom stereocenters. The molecule has 0 aliphatic rings. The number of hydrogen-bond acceptors (Lipinski definition) is 3. The number of benzene rings is 2. The van der Waals surface area contributed by atoms with Crippen LogP contribution >= 0.6 is 0 Å². The molecule has 0 saturated heterocycles. The van der Waals surface area contributed by atoms with Crippen LogP contribution in [0.4, 0.5) is 5.69 Å². The van der Waals surface area contributed by atoms with E-state index >= 15 is 0 Å². The molecule has 0 aliphatic carbocycles. The fourth-order valence-corrected chi connectivity index (χ4v) is 2.54. The Kier molecular flexibility index (Phi) is 4.44. The average Bonchev–Trinajstić information content (AvgIpc) is 3.08. The Morgan fingerprint density at radius 2 is 1.80 bits per heavy atom. The predicted molar refractivity (Wildman–Crippen MR) is 97.1 cm³/mol. The molecular weight excluding hydrogens is 314 g/mol. The number of hydrogen-bond donors (Lipinski definition) is 0. The third kappa shape index (κ3) is 3.48. The van der Waals surface area contributed by atoms with Crippen LogP contribution in [-0.2, 0) is 0 Å². The van der Waals surface area contributed by atoms with Gasteiger partial charge >= 0.3 is 0 Å². The molecule has 5 heteroatoms. The Labute approximate surface area is 145 Å². The lowest BCUT2D eigenvalue weighted by atomic mass is 10.1. The van der Waals surface area contributed by atoms with Gasteiger partial charge in [-0.15, -0.1) is 0 Å². The molecule has 0 amide bonds. The molecular formula is C20H15N3O2. The zero-order chi connectivity index (χ0) is 17.8. The van der Waals surface area contributed by atoms with Crippen molar-refractivity contribution in [3.63, 3.8) is 0 Å². The van der Waals surface area contributed by atoms with E-state index in [1.807, 2.05) is 54.1 Å². The molecule has 0 radical (unpaired) electrons. The Bertz CT molecular complexity index is 975. The van der Waals surface area contributed by atoms with E-state index in [2.05, 4.69) is 6.07 Å². The Morgan fingerprint density at radius 1 is 1.12 bits per heavy atom. The maximum atomic E-state index is 10.8. The largest absolute Gasteiger partial charge is 0.317 e. The van der Waals surface area contributed by atoms with Gasteiger partial charge in [0.05, 0.1) is 16.6 Å². The molecule has 2 aromatic carbocycles. The van der Waals surface area contributed by atoms with Gasteiger partial charge in [0.15, 0.2) is 0 Å². The van der Waals surface area contributed by atoms with Crippen molar-refractivity contribution in [2.45, 2.75) is 6.92 Å². The zero-order valence-corrected chi connectivity index (χ0v) is 13.6. The number of non-ortho nitro benzene ring substituents is 1. The van der Waals surface area contributed by atoms with Crippen LogP contribution in [0.5, 0.6) is 0 Å². The first kappa shape index (κ1) is 16.2. The summed E-state index contributed by atoms with van der Waals surface area (Å²) in [4.78, 5) is 10.3. The second kappa shape index (κ2) is 6.85. The third-order valence-corrected chi connectivity index (χ3v) is 3.89. The monoisotopic (exact) mass is 329 g/mol. The second-order valence-electron chi connectivity index (χ2n) is 5.61. The van der Waals surface area contributed by atoms with E-state index in [4.69, 9.17) is 0 Å². The van der Waals surface area contributed by atoms with Gasteiger partial charge in [0, 0.05) is 29.7 Å². The van der Waals surface area contributed by atoms with Crippen LogP contribution in [0.2, 0.25) is 0 Å². The SMILES string of the molecule is Cc1ccc(-n2cccc2/C=C(/C#N)c2ccc([N+](=O)[O-])cc2)cc1. The second-order valence-corrected chi connectivity index (χ2v) is 5.61. The summed E-state index contributed by atoms with van der Waals surface area (Å²) in [5.41, 5.74) is 4.13. The van der Waals surface area contributed by atoms with Crippen molar-refractivity contribution in [2.24, 2.45) is 0 Å². The van der Waals surface area contributed by atoms with Gasteiger partial charge in [0.1, 0.15) is 0 Å². The van der Waals surface area contributed by atoms with Gasteiger partial charge in [-0.1, -0.05) is 17.7 Å². The van der Waals surface area contributed by atoms with Gasteiger partial charge in [-0.25, -0.2) is 0 Å². The van der Waals surface area contributed by atoms with Crippen molar-refractivity contribution >= 4 is 17.3 Å². The van der Waals surface area contributed by atoms with E-state index in [9.17, 15) is 15.4 Å². The number of rotatable bonds is 4. The standard InChI is InChI=1S/C20H15N3O2/c1-15-4-8-18(9-5-15)22-12-2-3-20(22)13-17(14-21)16-6-10-19(11-7-16)23(24)25/h2-13H,1H3/b17-13-. The van der Waals surface area contributed by atoms with Crippen LogP contribution < -0.4 is 0 Å². The lowest BCUT2D eigenvalue weighted by molar-refractivity contribution is -0.384. The molecule has 1 aromatic heterocycles. The smallest absolute Gasteiger partial charge is 0.269 e. The highest BCUT2D eigenvalue weighted by Crippen LogP contribution is 2.22. The first-order chi connectivity index (χ1) is 12.1. The maximum absolute atomic E-state index is 10.8. The molecule has 0 aliphatic heterocycles. The summed E-state index contributed by atoms with van der Waals surface area (Å²) < 4.78 is 1.99. The minimum Gasteiger partial charge on any atom is -0.317 e. The third-order valence-electron chi connectivity index (χ3n) is 3.89. The first-order valence-corrected chi connectivity index (χ1v) is 7.69. The average molecular weight is 329 g/mol. The van der Waals surface area contributed by atoms with Crippen molar-refractivity contribution in [3.8, 4) is 11.8 Å². The number of aromatic nitrogens is 1. The van der Waals surface area contributed by atoms with E-state index in [1.54, 1.807) is 18.2 Å². The number of nitrogens with zero attached hydrogens (tertiary/aromatic N) is 3. The minimum absolute atomic E-state index is 0.00377. The molecule has 0 saturated carbocycles. The molecule has 122 valence electrons. The summed E-state index contributed by atoms with van der Waals surface area (Å²) >= 11 is 0. The fraction of sp³-hybridized carbons (Fsp3) is 0.0500. The maximum Gasteiger partial charge on any atom is 0.269 e. The molecule has 25 heavy (non-hydrogen) atoms. The Morgan fingerprint density at radius 3 is 2.40 bits per heavy atom. The van der Waals surface area contributed by atoms with Crippen molar-refractivity contribution in [1.82, 2.24) is 4.57 Å². The summed E-state index contributed by atoms with van der Waals surface area (Å²) in [5, 5.41) is 20.2. The molecule has 0 fully saturated rings. The lowest BCUT2D eigenvalue weighted by Gasteiger charge is -2.08. The molecule has 1 heterocycles. The molecule has 3 rings (SSSR count). The fourth-order valence-electron chi connectivity index (χ4n) is 2.54. The van der Waals surface area contributed by atoms with Gasteiger partial charge in [-0.2, -0.15) is 5.26 Å². The van der Waals surface area contributed by atoms with Gasteiger partial charge in [0.25, 0.3) is 5.69 Å². The Balaban J connectivity index is 1.99. The number of allylic oxidation sites excluding steroid dienone is 1.